The van der Waals surface area contributed by atoms with Crippen molar-refractivity contribution in [2.24, 2.45) is 0 Å². The van der Waals surface area contributed by atoms with Gasteiger partial charge in [-0.3, -0.25) is 4.79 Å². The van der Waals surface area contributed by atoms with Crippen LogP contribution in [0.4, 0.5) is 0 Å². The second-order valence-electron chi connectivity index (χ2n) is 2.00. The summed E-state index contributed by atoms with van der Waals surface area (Å²) in [5, 5.41) is 14.2. The average Bonchev–Trinajstić information content (AvgIpc) is 2.04. The maximum absolute atomic E-state index is 10.4. The largest absolute Gasteiger partial charge is 0.480 e. The van der Waals surface area contributed by atoms with Crippen molar-refractivity contribution in [2.45, 2.75) is 6.04 Å². The van der Waals surface area contributed by atoms with E-state index in [9.17, 15) is 4.79 Å². The van der Waals surface area contributed by atoms with Crippen LogP contribution in [0.15, 0.2) is 0 Å². The van der Waals surface area contributed by atoms with Crippen molar-refractivity contribution >= 4 is 36.1 Å². The van der Waals surface area contributed by atoms with Crippen LogP contribution >= 0.6 is 25.0 Å². The number of thiol groups is 1. The Balaban J connectivity index is 3.73. The number of carbonyl (C=O) groups is 1. The third-order valence-electron chi connectivity index (χ3n) is 1.21. The zero-order chi connectivity index (χ0) is 9.56. The Labute approximate surface area is 81.5 Å². The van der Waals surface area contributed by atoms with E-state index in [2.05, 4.69) is 40.4 Å². The molecular weight excluding hydrogens is 198 g/mol. The van der Waals surface area contributed by atoms with Gasteiger partial charge in [0.05, 0.1) is 0 Å². The first kappa shape index (κ1) is 11.5. The molecule has 0 amide bonds. The van der Waals surface area contributed by atoms with Gasteiger partial charge in [0.2, 0.25) is 0 Å². The molecular formula is C5H11N3O2S2. The van der Waals surface area contributed by atoms with E-state index in [1.165, 1.54) is 0 Å². The fraction of sp³-hybridized carbons (Fsp3) is 0.600. The SMILES string of the molecule is CN[C@@H](CNC(=S)NS)C(=O)O. The molecule has 0 rings (SSSR count). The van der Waals surface area contributed by atoms with Crippen LogP contribution in [0.3, 0.4) is 0 Å². The number of hydrogen-bond acceptors (Lipinski definition) is 4. The van der Waals surface area contributed by atoms with Crippen LogP contribution in [0.2, 0.25) is 0 Å². The van der Waals surface area contributed by atoms with Gasteiger partial charge in [-0.25, -0.2) is 0 Å². The molecule has 0 bridgehead atoms. The van der Waals surface area contributed by atoms with Crippen LogP contribution in [0.5, 0.6) is 0 Å². The van der Waals surface area contributed by atoms with Crippen molar-refractivity contribution in [1.29, 1.82) is 0 Å². The summed E-state index contributed by atoms with van der Waals surface area (Å²) in [6, 6.07) is -0.648. The van der Waals surface area contributed by atoms with E-state index in [1.54, 1.807) is 7.05 Å². The lowest BCUT2D eigenvalue weighted by Crippen LogP contribution is -2.45. The molecule has 0 spiro atoms. The summed E-state index contributed by atoms with van der Waals surface area (Å²) in [7, 11) is 1.57. The number of nitrogens with one attached hydrogen (secondary N) is 3. The molecule has 0 saturated carbocycles. The van der Waals surface area contributed by atoms with Crippen molar-refractivity contribution in [3.05, 3.63) is 0 Å². The average molecular weight is 209 g/mol. The van der Waals surface area contributed by atoms with Crippen LogP contribution in [-0.2, 0) is 4.79 Å². The topological polar surface area (TPSA) is 73.4 Å². The highest BCUT2D eigenvalue weighted by molar-refractivity contribution is 7.84. The standard InChI is InChI=1S/C5H11N3O2S2/c1-6-3(4(9)10)2-7-5(11)8-12/h3,6,12H,2H2,1H3,(H,9,10)(H2,7,8,11)/t3-/m0/s1. The predicted octanol–water partition coefficient (Wildman–Crippen LogP) is -1.03. The summed E-state index contributed by atoms with van der Waals surface area (Å²) < 4.78 is 2.38. The summed E-state index contributed by atoms with van der Waals surface area (Å²) in [5.41, 5.74) is 0. The first-order valence-corrected chi connectivity index (χ1v) is 4.05. The van der Waals surface area contributed by atoms with Gasteiger partial charge >= 0.3 is 5.97 Å². The minimum atomic E-state index is -0.924. The number of carboxylic acid groups (broad SMARTS) is 1. The van der Waals surface area contributed by atoms with Crippen molar-refractivity contribution in [2.75, 3.05) is 13.6 Å². The third-order valence-corrected chi connectivity index (χ3v) is 1.84. The Hall–Kier alpha value is -0.530. The minimum absolute atomic E-state index is 0.220. The lowest BCUT2D eigenvalue weighted by atomic mass is 10.3. The van der Waals surface area contributed by atoms with Gasteiger partial charge in [0.25, 0.3) is 0 Å². The van der Waals surface area contributed by atoms with E-state index in [0.29, 0.717) is 5.11 Å². The van der Waals surface area contributed by atoms with E-state index in [4.69, 9.17) is 5.11 Å². The first-order valence-electron chi connectivity index (χ1n) is 3.19. The zero-order valence-corrected chi connectivity index (χ0v) is 8.21. The van der Waals surface area contributed by atoms with Crippen LogP contribution in [0.1, 0.15) is 0 Å². The molecule has 0 aliphatic heterocycles. The molecule has 0 aromatic carbocycles. The summed E-state index contributed by atoms with van der Waals surface area (Å²) >= 11 is 8.37. The molecule has 0 fully saturated rings. The molecule has 5 nitrogen and oxygen atoms in total. The summed E-state index contributed by atoms with van der Waals surface area (Å²) in [4.78, 5) is 10.4. The molecule has 0 aromatic rings. The second-order valence-corrected chi connectivity index (χ2v) is 2.63. The Morgan fingerprint density at radius 3 is 2.67 bits per heavy atom. The van der Waals surface area contributed by atoms with Crippen LogP contribution < -0.4 is 15.4 Å². The van der Waals surface area contributed by atoms with E-state index >= 15 is 0 Å². The van der Waals surface area contributed by atoms with Crippen molar-refractivity contribution in [3.63, 3.8) is 0 Å². The number of likely N-dealkylation sites (N-methyl/N-ethyl adjacent to an activating group) is 1. The molecule has 0 aliphatic rings. The molecule has 4 N–H and O–H groups in total. The van der Waals surface area contributed by atoms with E-state index in [1.807, 2.05) is 0 Å². The lowest BCUT2D eigenvalue weighted by molar-refractivity contribution is -0.139. The van der Waals surface area contributed by atoms with Gasteiger partial charge in [-0.1, -0.05) is 12.8 Å². The fourth-order valence-electron chi connectivity index (χ4n) is 0.547. The van der Waals surface area contributed by atoms with Crippen LogP contribution in [-0.4, -0.2) is 35.8 Å². The Morgan fingerprint density at radius 1 is 1.75 bits per heavy atom. The predicted molar refractivity (Wildman–Crippen MR) is 53.2 cm³/mol. The quantitative estimate of drug-likeness (QED) is 0.301. The van der Waals surface area contributed by atoms with E-state index in [-0.39, 0.29) is 6.54 Å². The van der Waals surface area contributed by atoms with Gasteiger partial charge < -0.3 is 20.5 Å². The lowest BCUT2D eigenvalue weighted by Gasteiger charge is -2.12. The van der Waals surface area contributed by atoms with Gasteiger partial charge in [0.15, 0.2) is 5.11 Å². The van der Waals surface area contributed by atoms with E-state index in [0.717, 1.165) is 0 Å². The molecule has 12 heavy (non-hydrogen) atoms. The number of thiocarbonyl (C=S) groups is 1. The molecule has 7 heteroatoms. The zero-order valence-electron chi connectivity index (χ0n) is 6.50. The smallest absolute Gasteiger partial charge is 0.322 e. The summed E-state index contributed by atoms with van der Waals surface area (Å²) in [6.45, 7) is 0.220. The maximum atomic E-state index is 10.4. The monoisotopic (exact) mass is 209 g/mol. The summed E-state index contributed by atoms with van der Waals surface area (Å²) in [5.74, 6) is -0.924. The van der Waals surface area contributed by atoms with Gasteiger partial charge in [-0.2, -0.15) is 0 Å². The molecule has 0 aliphatic carbocycles. The van der Waals surface area contributed by atoms with Crippen molar-refractivity contribution in [1.82, 2.24) is 15.4 Å². The highest BCUT2D eigenvalue weighted by atomic mass is 32.1. The first-order chi connectivity index (χ1) is 5.61. The molecule has 70 valence electrons. The van der Waals surface area contributed by atoms with Crippen LogP contribution in [0.25, 0.3) is 0 Å². The Kier molecular flexibility index (Phi) is 5.77. The van der Waals surface area contributed by atoms with Gasteiger partial charge in [-0.05, 0) is 19.3 Å². The highest BCUT2D eigenvalue weighted by Gasteiger charge is 2.13. The Bertz CT molecular complexity index is 176. The number of hydrogen-bond donors (Lipinski definition) is 5. The number of rotatable bonds is 4. The maximum Gasteiger partial charge on any atom is 0.322 e. The number of carboxylic acids is 1. The number of aliphatic carboxylic acids is 1. The van der Waals surface area contributed by atoms with Crippen molar-refractivity contribution in [3.8, 4) is 0 Å². The van der Waals surface area contributed by atoms with E-state index < -0.39 is 12.0 Å². The van der Waals surface area contributed by atoms with Gasteiger partial charge in [0.1, 0.15) is 6.04 Å². The molecule has 1 atom stereocenters. The fourth-order valence-corrected chi connectivity index (χ4v) is 0.710. The van der Waals surface area contributed by atoms with Gasteiger partial charge in [-0.15, -0.1) is 0 Å². The third kappa shape index (κ3) is 4.37. The van der Waals surface area contributed by atoms with Crippen molar-refractivity contribution < 1.29 is 9.90 Å². The van der Waals surface area contributed by atoms with Gasteiger partial charge in [0, 0.05) is 6.54 Å². The Morgan fingerprint density at radius 2 is 2.33 bits per heavy atom. The van der Waals surface area contributed by atoms with Crippen LogP contribution in [0, 0.1) is 0 Å². The minimum Gasteiger partial charge on any atom is -0.480 e. The molecule has 0 radical (unpaired) electrons. The molecule has 0 unspecified atom stereocenters. The second kappa shape index (κ2) is 6.04. The molecule has 0 aromatic heterocycles. The summed E-state index contributed by atoms with van der Waals surface area (Å²) in [6.07, 6.45) is 0. The normalized spacial score (nSPS) is 11.8. The molecule has 0 saturated heterocycles. The highest BCUT2D eigenvalue weighted by Crippen LogP contribution is 1.80. The molecule has 0 heterocycles.